The molecule has 2 aromatic rings. The summed E-state index contributed by atoms with van der Waals surface area (Å²) in [7, 11) is 0. The summed E-state index contributed by atoms with van der Waals surface area (Å²) in [5, 5.41) is 2.88. The molecule has 2 aliphatic rings. The topological polar surface area (TPSA) is 67.9 Å². The van der Waals surface area contributed by atoms with Gasteiger partial charge in [0, 0.05) is 18.7 Å². The average molecular weight is 338 g/mol. The molecule has 2 heterocycles. The Labute approximate surface area is 145 Å². The average Bonchev–Trinajstić information content (AvgIpc) is 3.23. The monoisotopic (exact) mass is 338 g/mol. The molecule has 2 amide bonds. The molecule has 0 unspecified atom stereocenters. The predicted molar refractivity (Wildman–Crippen MR) is 91.2 cm³/mol. The van der Waals surface area contributed by atoms with E-state index in [4.69, 9.17) is 9.47 Å². The lowest BCUT2D eigenvalue weighted by molar-refractivity contribution is -0.133. The van der Waals surface area contributed by atoms with E-state index in [-0.39, 0.29) is 18.6 Å². The first-order valence-corrected chi connectivity index (χ1v) is 8.24. The van der Waals surface area contributed by atoms with Gasteiger partial charge in [0.25, 0.3) is 0 Å². The quantitative estimate of drug-likeness (QED) is 0.930. The van der Waals surface area contributed by atoms with Crippen molar-refractivity contribution in [1.82, 2.24) is 4.90 Å². The van der Waals surface area contributed by atoms with Crippen LogP contribution in [0.25, 0.3) is 0 Å². The number of benzene rings is 2. The molecule has 1 atom stereocenters. The molecular weight excluding hydrogens is 320 g/mol. The van der Waals surface area contributed by atoms with Gasteiger partial charge in [-0.15, -0.1) is 0 Å². The number of nitrogens with one attached hydrogen (secondary N) is 1. The molecule has 128 valence electrons. The first kappa shape index (κ1) is 15.5. The third-order valence-electron chi connectivity index (χ3n) is 4.46. The first-order valence-electron chi connectivity index (χ1n) is 8.24. The summed E-state index contributed by atoms with van der Waals surface area (Å²) in [6, 6.07) is 14.4. The molecule has 4 rings (SSSR count). The van der Waals surface area contributed by atoms with Gasteiger partial charge in [0.15, 0.2) is 11.5 Å². The number of likely N-dealkylation sites (tertiary alicyclic amines) is 1. The molecule has 1 saturated heterocycles. The van der Waals surface area contributed by atoms with Gasteiger partial charge in [-0.05, 0) is 36.2 Å². The van der Waals surface area contributed by atoms with Gasteiger partial charge >= 0.3 is 0 Å². The van der Waals surface area contributed by atoms with E-state index in [2.05, 4.69) is 5.32 Å². The minimum Gasteiger partial charge on any atom is -0.454 e. The lowest BCUT2D eigenvalue weighted by Gasteiger charge is -2.24. The van der Waals surface area contributed by atoms with Gasteiger partial charge < -0.3 is 19.7 Å². The van der Waals surface area contributed by atoms with Crippen molar-refractivity contribution in [2.45, 2.75) is 25.4 Å². The Morgan fingerprint density at radius 2 is 1.92 bits per heavy atom. The van der Waals surface area contributed by atoms with E-state index in [0.29, 0.717) is 30.9 Å². The van der Waals surface area contributed by atoms with Crippen LogP contribution >= 0.6 is 0 Å². The van der Waals surface area contributed by atoms with Crippen LogP contribution < -0.4 is 14.8 Å². The summed E-state index contributed by atoms with van der Waals surface area (Å²) in [4.78, 5) is 26.5. The maximum Gasteiger partial charge on any atom is 0.247 e. The Balaban J connectivity index is 1.49. The van der Waals surface area contributed by atoms with Crippen molar-refractivity contribution in [3.63, 3.8) is 0 Å². The van der Waals surface area contributed by atoms with E-state index in [9.17, 15) is 9.59 Å². The second kappa shape index (κ2) is 6.47. The van der Waals surface area contributed by atoms with E-state index >= 15 is 0 Å². The van der Waals surface area contributed by atoms with Crippen LogP contribution in [0.2, 0.25) is 0 Å². The number of amides is 2. The van der Waals surface area contributed by atoms with Gasteiger partial charge in [-0.3, -0.25) is 9.59 Å². The fourth-order valence-corrected chi connectivity index (χ4v) is 3.19. The summed E-state index contributed by atoms with van der Waals surface area (Å²) >= 11 is 0. The Bertz CT molecular complexity index is 806. The van der Waals surface area contributed by atoms with Crippen molar-refractivity contribution in [2.75, 3.05) is 12.1 Å². The zero-order chi connectivity index (χ0) is 17.2. The number of fused-ring (bicyclic) bond motifs is 1. The van der Waals surface area contributed by atoms with E-state index < -0.39 is 6.04 Å². The third kappa shape index (κ3) is 3.15. The van der Waals surface area contributed by atoms with Gasteiger partial charge in [0.2, 0.25) is 18.6 Å². The highest BCUT2D eigenvalue weighted by Crippen LogP contribution is 2.33. The molecule has 0 spiro atoms. The van der Waals surface area contributed by atoms with Crippen LogP contribution in [0, 0.1) is 0 Å². The molecule has 0 aliphatic carbocycles. The van der Waals surface area contributed by atoms with Crippen molar-refractivity contribution in [1.29, 1.82) is 0 Å². The summed E-state index contributed by atoms with van der Waals surface area (Å²) < 4.78 is 10.7. The predicted octanol–water partition coefficient (Wildman–Crippen LogP) is 2.55. The highest BCUT2D eigenvalue weighted by atomic mass is 16.7. The molecule has 0 radical (unpaired) electrons. The normalized spacial score (nSPS) is 18.5. The molecule has 2 aliphatic heterocycles. The molecular formula is C19H18N2O4. The zero-order valence-corrected chi connectivity index (χ0v) is 13.6. The van der Waals surface area contributed by atoms with E-state index in [1.165, 1.54) is 0 Å². The molecule has 2 aromatic carbocycles. The highest BCUT2D eigenvalue weighted by molar-refractivity contribution is 5.99. The van der Waals surface area contributed by atoms with Crippen molar-refractivity contribution < 1.29 is 19.1 Å². The largest absolute Gasteiger partial charge is 0.454 e. The second-order valence-electron chi connectivity index (χ2n) is 6.12. The lowest BCUT2D eigenvalue weighted by atomic mass is 10.1. The number of hydrogen-bond donors (Lipinski definition) is 1. The van der Waals surface area contributed by atoms with Crippen LogP contribution in [-0.2, 0) is 16.1 Å². The van der Waals surface area contributed by atoms with Crippen LogP contribution in [0.3, 0.4) is 0 Å². The van der Waals surface area contributed by atoms with Crippen LogP contribution in [0.5, 0.6) is 11.5 Å². The second-order valence-corrected chi connectivity index (χ2v) is 6.12. The van der Waals surface area contributed by atoms with E-state index in [1.807, 2.05) is 48.5 Å². The summed E-state index contributed by atoms with van der Waals surface area (Å²) in [6.45, 7) is 0.589. The SMILES string of the molecule is O=C(Nc1ccccc1)[C@@H]1CCC(=O)N1Cc1ccc2c(c1)OCO2. The number of para-hydroxylation sites is 1. The fraction of sp³-hybridized carbons (Fsp3) is 0.263. The van der Waals surface area contributed by atoms with Gasteiger partial charge in [-0.1, -0.05) is 24.3 Å². The molecule has 0 bridgehead atoms. The maximum atomic E-state index is 12.6. The minimum atomic E-state index is -0.460. The molecule has 1 fully saturated rings. The number of rotatable bonds is 4. The number of carbonyl (C=O) groups is 2. The van der Waals surface area contributed by atoms with Crippen molar-refractivity contribution in [3.05, 3.63) is 54.1 Å². The van der Waals surface area contributed by atoms with Crippen LogP contribution in [0.1, 0.15) is 18.4 Å². The number of carbonyl (C=O) groups excluding carboxylic acids is 2. The number of hydrogen-bond acceptors (Lipinski definition) is 4. The standard InChI is InChI=1S/C19H18N2O4/c22-18-9-7-15(19(23)20-14-4-2-1-3-5-14)21(18)11-13-6-8-16-17(10-13)25-12-24-16/h1-6,8,10,15H,7,9,11-12H2,(H,20,23)/t15-/m0/s1. The Morgan fingerprint density at radius 1 is 1.12 bits per heavy atom. The molecule has 6 nitrogen and oxygen atoms in total. The van der Waals surface area contributed by atoms with Gasteiger partial charge in [0.1, 0.15) is 6.04 Å². The Kier molecular flexibility index (Phi) is 4.01. The summed E-state index contributed by atoms with van der Waals surface area (Å²) in [5.74, 6) is 1.22. The fourth-order valence-electron chi connectivity index (χ4n) is 3.19. The van der Waals surface area contributed by atoms with Crippen molar-refractivity contribution >= 4 is 17.5 Å². The third-order valence-corrected chi connectivity index (χ3v) is 4.46. The number of nitrogens with zero attached hydrogens (tertiary/aromatic N) is 1. The molecule has 0 aromatic heterocycles. The molecule has 25 heavy (non-hydrogen) atoms. The zero-order valence-electron chi connectivity index (χ0n) is 13.6. The van der Waals surface area contributed by atoms with Crippen molar-refractivity contribution in [2.24, 2.45) is 0 Å². The van der Waals surface area contributed by atoms with E-state index in [1.54, 1.807) is 4.90 Å². The Hall–Kier alpha value is -3.02. The summed E-state index contributed by atoms with van der Waals surface area (Å²) in [5.41, 5.74) is 1.65. The molecule has 6 heteroatoms. The smallest absolute Gasteiger partial charge is 0.247 e. The Morgan fingerprint density at radius 3 is 2.76 bits per heavy atom. The number of anilines is 1. The molecule has 1 N–H and O–H groups in total. The lowest BCUT2D eigenvalue weighted by Crippen LogP contribution is -2.41. The van der Waals surface area contributed by atoms with Crippen LogP contribution in [0.15, 0.2) is 48.5 Å². The highest BCUT2D eigenvalue weighted by Gasteiger charge is 2.36. The van der Waals surface area contributed by atoms with E-state index in [0.717, 1.165) is 11.3 Å². The van der Waals surface area contributed by atoms with Crippen LogP contribution in [0.4, 0.5) is 5.69 Å². The minimum absolute atomic E-state index is 0.00845. The van der Waals surface area contributed by atoms with Crippen LogP contribution in [-0.4, -0.2) is 29.5 Å². The van der Waals surface area contributed by atoms with Crippen molar-refractivity contribution in [3.8, 4) is 11.5 Å². The van der Waals surface area contributed by atoms with Gasteiger partial charge in [0.05, 0.1) is 0 Å². The van der Waals surface area contributed by atoms with Gasteiger partial charge in [-0.25, -0.2) is 0 Å². The van der Waals surface area contributed by atoms with Gasteiger partial charge in [-0.2, -0.15) is 0 Å². The number of ether oxygens (including phenoxy) is 2. The first-order chi connectivity index (χ1) is 12.2. The summed E-state index contributed by atoms with van der Waals surface area (Å²) in [6.07, 6.45) is 0.916. The molecule has 0 saturated carbocycles. The maximum absolute atomic E-state index is 12.6.